The molecule has 1 aliphatic heterocycles. The normalized spacial score (nSPS) is 18.8. The Kier molecular flexibility index (Phi) is 6.26. The fourth-order valence-corrected chi connectivity index (χ4v) is 3.94. The lowest BCUT2D eigenvalue weighted by Gasteiger charge is -2.40. The molecule has 1 saturated heterocycles. The van der Waals surface area contributed by atoms with Gasteiger partial charge in [0.15, 0.2) is 5.82 Å². The number of piperidine rings is 1. The van der Waals surface area contributed by atoms with E-state index in [9.17, 15) is 22.4 Å². The highest BCUT2D eigenvalue weighted by Gasteiger charge is 2.34. The van der Waals surface area contributed by atoms with Gasteiger partial charge in [-0.15, -0.1) is 0 Å². The lowest BCUT2D eigenvalue weighted by molar-refractivity contribution is -0.137. The lowest BCUT2D eigenvalue weighted by Crippen LogP contribution is -2.52. The summed E-state index contributed by atoms with van der Waals surface area (Å²) < 4.78 is 52.3. The molecule has 6 nitrogen and oxygen atoms in total. The van der Waals surface area contributed by atoms with Crippen LogP contribution in [0, 0.1) is 5.82 Å². The molecule has 0 aliphatic carbocycles. The summed E-state index contributed by atoms with van der Waals surface area (Å²) in [4.78, 5) is 27.3. The molecular weight excluding hydrogens is 438 g/mol. The largest absolute Gasteiger partial charge is 0.417 e. The summed E-state index contributed by atoms with van der Waals surface area (Å²) in [5, 5.41) is 3.14. The van der Waals surface area contributed by atoms with Crippen molar-refractivity contribution in [1.82, 2.24) is 19.9 Å². The summed E-state index contributed by atoms with van der Waals surface area (Å²) in [7, 11) is 0. The molecule has 2 aromatic heterocycles. The molecule has 0 spiro atoms. The number of rotatable bonds is 4. The van der Waals surface area contributed by atoms with Crippen molar-refractivity contribution in [3.05, 3.63) is 71.9 Å². The molecule has 3 aromatic rings. The molecule has 1 N–H and O–H groups in total. The maximum absolute atomic E-state index is 14.0. The number of anilines is 1. The number of benzene rings is 1. The minimum absolute atomic E-state index is 0.219. The van der Waals surface area contributed by atoms with E-state index in [1.165, 1.54) is 36.7 Å². The molecule has 2 unspecified atom stereocenters. The van der Waals surface area contributed by atoms with Crippen LogP contribution in [-0.4, -0.2) is 44.4 Å². The van der Waals surface area contributed by atoms with E-state index in [1.807, 2.05) is 6.92 Å². The highest BCUT2D eigenvalue weighted by molar-refractivity contribution is 6.00. The van der Waals surface area contributed by atoms with Gasteiger partial charge in [-0.2, -0.15) is 13.2 Å². The van der Waals surface area contributed by atoms with Gasteiger partial charge in [0.05, 0.1) is 11.1 Å². The third-order valence-corrected chi connectivity index (χ3v) is 5.69. The number of nitrogens with one attached hydrogen (secondary N) is 1. The predicted octanol–water partition coefficient (Wildman–Crippen LogP) is 4.80. The van der Waals surface area contributed by atoms with Crippen LogP contribution in [0.2, 0.25) is 0 Å². The summed E-state index contributed by atoms with van der Waals surface area (Å²) in [5.41, 5.74) is -0.247. The van der Waals surface area contributed by atoms with Crippen molar-refractivity contribution in [3.8, 4) is 11.4 Å². The fourth-order valence-electron chi connectivity index (χ4n) is 3.94. The van der Waals surface area contributed by atoms with Gasteiger partial charge in [0.2, 0.25) is 0 Å². The molecule has 1 aliphatic rings. The first-order chi connectivity index (χ1) is 15.7. The molecule has 1 amide bonds. The second-order valence-corrected chi connectivity index (χ2v) is 7.82. The number of aromatic nitrogens is 3. The Morgan fingerprint density at radius 3 is 2.55 bits per heavy atom. The maximum Gasteiger partial charge on any atom is 0.417 e. The smallest absolute Gasteiger partial charge is 0.365 e. The number of likely N-dealkylation sites (tertiary alicyclic amines) is 1. The Bertz CT molecular complexity index is 1120. The number of pyridine rings is 1. The molecule has 0 saturated carbocycles. The van der Waals surface area contributed by atoms with Crippen LogP contribution in [0.4, 0.5) is 23.4 Å². The number of hydrogen-bond acceptors (Lipinski definition) is 5. The predicted molar refractivity (Wildman–Crippen MR) is 114 cm³/mol. The van der Waals surface area contributed by atoms with Gasteiger partial charge in [-0.3, -0.25) is 4.79 Å². The number of carbonyl (C=O) groups is 1. The number of halogens is 4. The van der Waals surface area contributed by atoms with Crippen LogP contribution in [0.1, 0.15) is 35.7 Å². The molecule has 1 aromatic carbocycles. The molecule has 33 heavy (non-hydrogen) atoms. The zero-order valence-corrected chi connectivity index (χ0v) is 17.7. The summed E-state index contributed by atoms with van der Waals surface area (Å²) in [6.45, 7) is 2.35. The number of alkyl halides is 3. The summed E-state index contributed by atoms with van der Waals surface area (Å²) >= 11 is 0. The Balaban J connectivity index is 1.55. The van der Waals surface area contributed by atoms with Crippen LogP contribution in [0.5, 0.6) is 0 Å². The number of amides is 1. The zero-order chi connectivity index (χ0) is 23.6. The quantitative estimate of drug-likeness (QED) is 0.568. The third-order valence-electron chi connectivity index (χ3n) is 5.69. The van der Waals surface area contributed by atoms with Gasteiger partial charge in [-0.05, 0) is 56.2 Å². The topological polar surface area (TPSA) is 71.0 Å². The van der Waals surface area contributed by atoms with Crippen molar-refractivity contribution >= 4 is 11.7 Å². The van der Waals surface area contributed by atoms with Crippen molar-refractivity contribution in [2.45, 2.75) is 38.0 Å². The van der Waals surface area contributed by atoms with Gasteiger partial charge in [0.25, 0.3) is 5.91 Å². The summed E-state index contributed by atoms with van der Waals surface area (Å²) in [6.07, 6.45) is 0.758. The van der Waals surface area contributed by atoms with E-state index >= 15 is 0 Å². The maximum atomic E-state index is 14.0. The van der Waals surface area contributed by atoms with Crippen LogP contribution in [-0.2, 0) is 6.18 Å². The highest BCUT2D eigenvalue weighted by Crippen LogP contribution is 2.30. The second-order valence-electron chi connectivity index (χ2n) is 7.82. The van der Waals surface area contributed by atoms with Gasteiger partial charge in [-0.1, -0.05) is 0 Å². The van der Waals surface area contributed by atoms with E-state index in [0.29, 0.717) is 30.8 Å². The van der Waals surface area contributed by atoms with Gasteiger partial charge < -0.3 is 10.2 Å². The van der Waals surface area contributed by atoms with Crippen LogP contribution >= 0.6 is 0 Å². The van der Waals surface area contributed by atoms with Crippen molar-refractivity contribution in [2.75, 3.05) is 11.9 Å². The Morgan fingerprint density at radius 1 is 1.12 bits per heavy atom. The SMILES string of the molecule is CC1C(Nc2ccc(C(F)(F)F)cn2)CCCN1C(=O)c1ccc(F)cc1-c1ncccn1. The van der Waals surface area contributed by atoms with Crippen LogP contribution in [0.15, 0.2) is 55.0 Å². The van der Waals surface area contributed by atoms with Crippen molar-refractivity contribution in [1.29, 1.82) is 0 Å². The fraction of sp³-hybridized carbons (Fsp3) is 0.304. The molecule has 0 radical (unpaired) electrons. The van der Waals surface area contributed by atoms with Gasteiger partial charge >= 0.3 is 6.18 Å². The minimum Gasteiger partial charge on any atom is -0.365 e. The van der Waals surface area contributed by atoms with Crippen molar-refractivity contribution < 1.29 is 22.4 Å². The highest BCUT2D eigenvalue weighted by atomic mass is 19.4. The molecule has 0 bridgehead atoms. The second kappa shape index (κ2) is 9.13. The first-order valence-corrected chi connectivity index (χ1v) is 10.4. The Hall–Kier alpha value is -3.56. The zero-order valence-electron chi connectivity index (χ0n) is 17.7. The first-order valence-electron chi connectivity index (χ1n) is 10.4. The van der Waals surface area contributed by atoms with Crippen LogP contribution in [0.3, 0.4) is 0 Å². The van der Waals surface area contributed by atoms with Gasteiger partial charge in [-0.25, -0.2) is 19.3 Å². The molecule has 10 heteroatoms. The summed E-state index contributed by atoms with van der Waals surface area (Å²) in [5.74, 6) is -0.256. The van der Waals surface area contributed by atoms with E-state index in [0.717, 1.165) is 12.3 Å². The molecule has 3 heterocycles. The number of nitrogens with zero attached hydrogens (tertiary/aromatic N) is 4. The van der Waals surface area contributed by atoms with E-state index in [2.05, 4.69) is 20.3 Å². The average molecular weight is 459 g/mol. The number of hydrogen-bond donors (Lipinski definition) is 1. The lowest BCUT2D eigenvalue weighted by atomic mass is 9.95. The van der Waals surface area contributed by atoms with Crippen molar-refractivity contribution in [3.63, 3.8) is 0 Å². The van der Waals surface area contributed by atoms with E-state index in [-0.39, 0.29) is 29.4 Å². The third kappa shape index (κ3) is 4.94. The van der Waals surface area contributed by atoms with Gasteiger partial charge in [0, 0.05) is 42.8 Å². The van der Waals surface area contributed by atoms with E-state index in [4.69, 9.17) is 0 Å². The monoisotopic (exact) mass is 459 g/mol. The van der Waals surface area contributed by atoms with E-state index < -0.39 is 17.6 Å². The van der Waals surface area contributed by atoms with Crippen LogP contribution in [0.25, 0.3) is 11.4 Å². The molecule has 2 atom stereocenters. The minimum atomic E-state index is -4.46. The van der Waals surface area contributed by atoms with Gasteiger partial charge in [0.1, 0.15) is 11.6 Å². The molecule has 172 valence electrons. The molecule has 4 rings (SSSR count). The standard InChI is InChI=1S/C23H21F4N5O/c1-14-19(31-20-8-5-15(13-30-20)23(25,26)27)4-2-11-32(14)22(33)17-7-6-16(24)12-18(17)21-28-9-3-10-29-21/h3,5-10,12-14,19H,2,4,11H2,1H3,(H,30,31). The average Bonchev–Trinajstić information content (AvgIpc) is 2.80. The molecule has 1 fully saturated rings. The number of carbonyl (C=O) groups excluding carboxylic acids is 1. The first kappa shape index (κ1) is 22.6. The van der Waals surface area contributed by atoms with E-state index in [1.54, 1.807) is 11.0 Å². The summed E-state index contributed by atoms with van der Waals surface area (Å²) in [6, 6.07) is 7.24. The Morgan fingerprint density at radius 2 is 1.88 bits per heavy atom. The van der Waals surface area contributed by atoms with Crippen molar-refractivity contribution in [2.24, 2.45) is 0 Å². The molecular formula is C23H21F4N5O. The van der Waals surface area contributed by atoms with Crippen LogP contribution < -0.4 is 5.32 Å². The Labute approximate surface area is 187 Å².